The van der Waals surface area contributed by atoms with Crippen molar-refractivity contribution in [1.29, 1.82) is 0 Å². The van der Waals surface area contributed by atoms with Gasteiger partial charge in [-0.15, -0.1) is 0 Å². The van der Waals surface area contributed by atoms with Crippen LogP contribution in [0.1, 0.15) is 36.1 Å². The molecule has 0 bridgehead atoms. The average Bonchev–Trinajstić information content (AvgIpc) is 2.79. The maximum Gasteiger partial charge on any atom is 0.274 e. The first-order valence-electron chi connectivity index (χ1n) is 10.7. The molecule has 4 rings (SSSR count). The molecule has 0 spiro atoms. The molecule has 1 aliphatic rings. The third-order valence-corrected chi connectivity index (χ3v) is 5.51. The van der Waals surface area contributed by atoms with Crippen molar-refractivity contribution in [2.75, 3.05) is 31.9 Å². The number of hydrogen-bond acceptors (Lipinski definition) is 7. The number of aromatic nitrogens is 4. The Morgan fingerprint density at radius 2 is 1.84 bits per heavy atom. The van der Waals surface area contributed by atoms with Crippen molar-refractivity contribution in [3.63, 3.8) is 0 Å². The van der Waals surface area contributed by atoms with Crippen LogP contribution in [0.4, 0.5) is 5.82 Å². The standard InChI is InChI=1S/C22H27N7O2/c1-2-3-10-29-20(30)9-8-18(26-29)22(31)28-13-11-27(12-14-28)15-19-24-17-7-5-4-6-16(17)21(23)25-19/h4-9H,2-3,10-15H2,1H3,(H2,23,24,25). The van der Waals surface area contributed by atoms with Crippen molar-refractivity contribution in [1.82, 2.24) is 29.5 Å². The summed E-state index contributed by atoms with van der Waals surface area (Å²) in [5, 5.41) is 5.13. The highest BCUT2D eigenvalue weighted by Crippen LogP contribution is 2.18. The predicted molar refractivity (Wildman–Crippen MR) is 119 cm³/mol. The molecular weight excluding hydrogens is 394 g/mol. The molecule has 162 valence electrons. The summed E-state index contributed by atoms with van der Waals surface area (Å²) >= 11 is 0. The van der Waals surface area contributed by atoms with Gasteiger partial charge in [0.25, 0.3) is 11.5 Å². The Labute approximate surface area is 180 Å². The zero-order valence-electron chi connectivity index (χ0n) is 17.7. The minimum absolute atomic E-state index is 0.143. The molecule has 1 aromatic carbocycles. The second kappa shape index (κ2) is 9.22. The fraction of sp³-hybridized carbons (Fsp3) is 0.409. The topological polar surface area (TPSA) is 110 Å². The van der Waals surface area contributed by atoms with Crippen molar-refractivity contribution in [2.45, 2.75) is 32.9 Å². The molecule has 1 amide bonds. The molecule has 2 aromatic heterocycles. The van der Waals surface area contributed by atoms with Crippen LogP contribution in [0, 0.1) is 0 Å². The maximum absolute atomic E-state index is 12.9. The van der Waals surface area contributed by atoms with E-state index in [1.807, 2.05) is 24.3 Å². The van der Waals surface area contributed by atoms with Crippen LogP contribution in [0.5, 0.6) is 0 Å². The van der Waals surface area contributed by atoms with Gasteiger partial charge >= 0.3 is 0 Å². The summed E-state index contributed by atoms with van der Waals surface area (Å²) in [4.78, 5) is 37.9. The zero-order valence-corrected chi connectivity index (χ0v) is 17.7. The number of benzene rings is 1. The predicted octanol–water partition coefficient (Wildman–Crippen LogP) is 1.53. The molecule has 1 fully saturated rings. The number of carbonyl (C=O) groups excluding carboxylic acids is 1. The van der Waals surface area contributed by atoms with Crippen LogP contribution in [-0.2, 0) is 13.1 Å². The van der Waals surface area contributed by atoms with Crippen LogP contribution in [0.2, 0.25) is 0 Å². The first kappa shape index (κ1) is 20.9. The molecule has 0 saturated carbocycles. The van der Waals surface area contributed by atoms with Gasteiger partial charge in [0.1, 0.15) is 17.3 Å². The number of nitrogens with zero attached hydrogens (tertiary/aromatic N) is 6. The number of nitrogens with two attached hydrogens (primary N) is 1. The molecule has 0 unspecified atom stereocenters. The van der Waals surface area contributed by atoms with Gasteiger partial charge in [-0.25, -0.2) is 14.6 Å². The summed E-state index contributed by atoms with van der Waals surface area (Å²) in [7, 11) is 0. The number of hydrogen-bond donors (Lipinski definition) is 1. The van der Waals surface area contributed by atoms with E-state index in [1.54, 1.807) is 4.90 Å². The Kier molecular flexibility index (Phi) is 6.22. The lowest BCUT2D eigenvalue weighted by Crippen LogP contribution is -2.48. The largest absolute Gasteiger partial charge is 0.383 e. The van der Waals surface area contributed by atoms with Gasteiger partial charge in [0.15, 0.2) is 0 Å². The molecule has 2 N–H and O–H groups in total. The number of nitrogen functional groups attached to an aromatic ring is 1. The molecule has 31 heavy (non-hydrogen) atoms. The molecule has 0 radical (unpaired) electrons. The molecule has 9 nitrogen and oxygen atoms in total. The quantitative estimate of drug-likeness (QED) is 0.642. The van der Waals surface area contributed by atoms with Crippen molar-refractivity contribution in [3.05, 3.63) is 58.3 Å². The molecule has 3 aromatic rings. The van der Waals surface area contributed by atoms with Crippen LogP contribution in [0.15, 0.2) is 41.2 Å². The van der Waals surface area contributed by atoms with E-state index in [4.69, 9.17) is 5.73 Å². The highest BCUT2D eigenvalue weighted by Gasteiger charge is 2.24. The number of aryl methyl sites for hydroxylation is 1. The first-order valence-corrected chi connectivity index (χ1v) is 10.7. The zero-order chi connectivity index (χ0) is 21.8. The van der Waals surface area contributed by atoms with Crippen molar-refractivity contribution in [3.8, 4) is 0 Å². The van der Waals surface area contributed by atoms with E-state index in [-0.39, 0.29) is 11.5 Å². The van der Waals surface area contributed by atoms with Crippen LogP contribution in [0.25, 0.3) is 10.9 Å². The van der Waals surface area contributed by atoms with Gasteiger partial charge < -0.3 is 10.6 Å². The molecule has 3 heterocycles. The van der Waals surface area contributed by atoms with Crippen LogP contribution < -0.4 is 11.3 Å². The summed E-state index contributed by atoms with van der Waals surface area (Å²) in [6.45, 7) is 5.73. The van der Waals surface area contributed by atoms with Gasteiger partial charge in [-0.3, -0.25) is 14.5 Å². The van der Waals surface area contributed by atoms with Crippen LogP contribution in [-0.4, -0.2) is 61.6 Å². The summed E-state index contributed by atoms with van der Waals surface area (Å²) in [6, 6.07) is 10.6. The van der Waals surface area contributed by atoms with E-state index in [1.165, 1.54) is 16.8 Å². The number of carbonyl (C=O) groups is 1. The Bertz CT molecular complexity index is 1140. The van der Waals surface area contributed by atoms with Crippen LogP contribution >= 0.6 is 0 Å². The van der Waals surface area contributed by atoms with E-state index in [0.717, 1.165) is 23.7 Å². The van der Waals surface area contributed by atoms with Gasteiger partial charge in [-0.05, 0) is 24.6 Å². The number of piperazine rings is 1. The maximum atomic E-state index is 12.9. The Balaban J connectivity index is 1.39. The Hall–Kier alpha value is -3.33. The fourth-order valence-electron chi connectivity index (χ4n) is 3.72. The second-order valence-corrected chi connectivity index (χ2v) is 7.74. The molecule has 0 aliphatic carbocycles. The molecule has 9 heteroatoms. The Morgan fingerprint density at radius 3 is 2.61 bits per heavy atom. The first-order chi connectivity index (χ1) is 15.0. The number of fused-ring (bicyclic) bond motifs is 1. The number of para-hydroxylation sites is 1. The van der Waals surface area contributed by atoms with Gasteiger partial charge in [0.2, 0.25) is 0 Å². The number of unbranched alkanes of at least 4 members (excludes halogenated alkanes) is 1. The second-order valence-electron chi connectivity index (χ2n) is 7.74. The van der Waals surface area contributed by atoms with Gasteiger partial charge in [0, 0.05) is 44.2 Å². The lowest BCUT2D eigenvalue weighted by molar-refractivity contribution is 0.0617. The lowest BCUT2D eigenvalue weighted by Gasteiger charge is -2.34. The Morgan fingerprint density at radius 1 is 1.06 bits per heavy atom. The molecular formula is C22H27N7O2. The lowest BCUT2D eigenvalue weighted by atomic mass is 10.2. The number of amides is 1. The molecule has 0 atom stereocenters. The third kappa shape index (κ3) is 4.72. The molecule has 1 saturated heterocycles. The van der Waals surface area contributed by atoms with Crippen LogP contribution in [0.3, 0.4) is 0 Å². The summed E-state index contributed by atoms with van der Waals surface area (Å²) in [6.07, 6.45) is 1.81. The van der Waals surface area contributed by atoms with Crippen molar-refractivity contribution in [2.24, 2.45) is 0 Å². The number of rotatable bonds is 6. The van der Waals surface area contributed by atoms with E-state index in [9.17, 15) is 9.59 Å². The fourth-order valence-corrected chi connectivity index (χ4v) is 3.72. The summed E-state index contributed by atoms with van der Waals surface area (Å²) in [5.74, 6) is 1.02. The SMILES string of the molecule is CCCCn1nc(C(=O)N2CCN(Cc3nc(N)c4ccccc4n3)CC2)ccc1=O. The normalized spacial score (nSPS) is 14.8. The number of anilines is 1. The third-order valence-electron chi connectivity index (χ3n) is 5.51. The van der Waals surface area contributed by atoms with Gasteiger partial charge in [-0.1, -0.05) is 25.5 Å². The minimum atomic E-state index is -0.176. The van der Waals surface area contributed by atoms with Crippen molar-refractivity contribution >= 4 is 22.6 Å². The van der Waals surface area contributed by atoms with E-state index >= 15 is 0 Å². The highest BCUT2D eigenvalue weighted by molar-refractivity contribution is 5.92. The summed E-state index contributed by atoms with van der Waals surface area (Å²) < 4.78 is 1.38. The summed E-state index contributed by atoms with van der Waals surface area (Å²) in [5.41, 5.74) is 7.06. The van der Waals surface area contributed by atoms with Gasteiger partial charge in [0.05, 0.1) is 12.1 Å². The van der Waals surface area contributed by atoms with E-state index in [2.05, 4.69) is 26.9 Å². The highest BCUT2D eigenvalue weighted by atomic mass is 16.2. The average molecular weight is 422 g/mol. The van der Waals surface area contributed by atoms with E-state index in [0.29, 0.717) is 56.6 Å². The minimum Gasteiger partial charge on any atom is -0.383 e. The monoisotopic (exact) mass is 421 g/mol. The van der Waals surface area contributed by atoms with Gasteiger partial charge in [-0.2, -0.15) is 5.10 Å². The van der Waals surface area contributed by atoms with Crippen molar-refractivity contribution < 1.29 is 4.79 Å². The smallest absolute Gasteiger partial charge is 0.274 e. The molecule has 1 aliphatic heterocycles. The van der Waals surface area contributed by atoms with E-state index < -0.39 is 0 Å².